The third kappa shape index (κ3) is 3.30. The number of hydrogen-bond donors (Lipinski definition) is 0. The van der Waals surface area contributed by atoms with Crippen LogP contribution in [0.5, 0.6) is 5.75 Å². The highest BCUT2D eigenvalue weighted by Crippen LogP contribution is 2.23. The van der Waals surface area contributed by atoms with E-state index in [9.17, 15) is 4.79 Å². The highest BCUT2D eigenvalue weighted by atomic mass is 16.5. The first-order valence-electron chi connectivity index (χ1n) is 7.25. The molecule has 2 rings (SSSR count). The summed E-state index contributed by atoms with van der Waals surface area (Å²) in [6, 6.07) is 7.74. The second kappa shape index (κ2) is 6.64. The maximum Gasteiger partial charge on any atom is 0.227 e. The molecule has 2 aromatic rings. The molecule has 0 N–H and O–H groups in total. The van der Waals surface area contributed by atoms with Gasteiger partial charge in [-0.2, -0.15) is 0 Å². The standard InChI is InChI=1S/C17H22N2O3/c1-11-16(13(3)22-18-11)10-17(20)19(4)12(2)14-6-8-15(21-5)9-7-14/h6-9,12H,10H2,1-5H3. The third-order valence-electron chi connectivity index (χ3n) is 4.08. The van der Waals surface area contributed by atoms with Crippen molar-refractivity contribution in [1.29, 1.82) is 0 Å². The minimum Gasteiger partial charge on any atom is -0.497 e. The van der Waals surface area contributed by atoms with Crippen molar-refractivity contribution in [3.05, 3.63) is 46.8 Å². The van der Waals surface area contributed by atoms with Gasteiger partial charge >= 0.3 is 0 Å². The molecule has 0 bridgehead atoms. The number of carbonyl (C=O) groups is 1. The second-order valence-electron chi connectivity index (χ2n) is 5.43. The first-order chi connectivity index (χ1) is 10.4. The lowest BCUT2D eigenvalue weighted by Gasteiger charge is -2.25. The number of likely N-dealkylation sites (N-methyl/N-ethyl adjacent to an activating group) is 1. The van der Waals surface area contributed by atoms with Crippen LogP contribution in [-0.4, -0.2) is 30.1 Å². The van der Waals surface area contributed by atoms with Crippen LogP contribution in [-0.2, 0) is 11.2 Å². The molecule has 118 valence electrons. The Morgan fingerprint density at radius 3 is 2.45 bits per heavy atom. The lowest BCUT2D eigenvalue weighted by atomic mass is 10.1. The molecule has 5 nitrogen and oxygen atoms in total. The summed E-state index contributed by atoms with van der Waals surface area (Å²) in [5.74, 6) is 1.55. The normalized spacial score (nSPS) is 12.0. The van der Waals surface area contributed by atoms with Gasteiger partial charge in [-0.15, -0.1) is 0 Å². The van der Waals surface area contributed by atoms with Crippen molar-refractivity contribution >= 4 is 5.91 Å². The fourth-order valence-electron chi connectivity index (χ4n) is 2.35. The summed E-state index contributed by atoms with van der Waals surface area (Å²) in [4.78, 5) is 14.2. The van der Waals surface area contributed by atoms with Crippen molar-refractivity contribution < 1.29 is 14.1 Å². The molecule has 1 heterocycles. The number of methoxy groups -OCH3 is 1. The van der Waals surface area contributed by atoms with Gasteiger partial charge < -0.3 is 14.2 Å². The number of amides is 1. The van der Waals surface area contributed by atoms with Crippen LogP contribution < -0.4 is 4.74 Å². The van der Waals surface area contributed by atoms with Gasteiger partial charge in [-0.05, 0) is 38.5 Å². The van der Waals surface area contributed by atoms with Crippen LogP contribution >= 0.6 is 0 Å². The smallest absolute Gasteiger partial charge is 0.227 e. The second-order valence-corrected chi connectivity index (χ2v) is 5.43. The first-order valence-corrected chi connectivity index (χ1v) is 7.25. The molecule has 1 aromatic carbocycles. The van der Waals surface area contributed by atoms with E-state index >= 15 is 0 Å². The molecule has 5 heteroatoms. The van der Waals surface area contributed by atoms with Crippen LogP contribution in [0.3, 0.4) is 0 Å². The van der Waals surface area contributed by atoms with Crippen molar-refractivity contribution in [2.45, 2.75) is 33.2 Å². The van der Waals surface area contributed by atoms with E-state index < -0.39 is 0 Å². The van der Waals surface area contributed by atoms with Gasteiger partial charge in [-0.25, -0.2) is 0 Å². The minimum atomic E-state index is -0.0149. The summed E-state index contributed by atoms with van der Waals surface area (Å²) in [6.45, 7) is 5.69. The van der Waals surface area contributed by atoms with Gasteiger partial charge in [0, 0.05) is 12.6 Å². The van der Waals surface area contributed by atoms with Gasteiger partial charge in [0.1, 0.15) is 11.5 Å². The number of hydrogen-bond acceptors (Lipinski definition) is 4. The van der Waals surface area contributed by atoms with Gasteiger partial charge in [0.15, 0.2) is 0 Å². The Morgan fingerprint density at radius 2 is 1.95 bits per heavy atom. The SMILES string of the molecule is COc1ccc(C(C)N(C)C(=O)Cc2c(C)noc2C)cc1. The number of carbonyl (C=O) groups excluding carboxylic acids is 1. The predicted octanol–water partition coefficient (Wildman–Crippen LogP) is 3.06. The summed E-state index contributed by atoms with van der Waals surface area (Å²) in [6.07, 6.45) is 0.304. The first kappa shape index (κ1) is 16.1. The largest absolute Gasteiger partial charge is 0.497 e. The summed E-state index contributed by atoms with van der Waals surface area (Å²) in [5.41, 5.74) is 2.71. The molecule has 0 aliphatic carbocycles. The van der Waals surface area contributed by atoms with Gasteiger partial charge in [0.05, 0.1) is 25.3 Å². The third-order valence-corrected chi connectivity index (χ3v) is 4.08. The van der Waals surface area contributed by atoms with Crippen LogP contribution in [0.25, 0.3) is 0 Å². The van der Waals surface area contributed by atoms with E-state index in [1.807, 2.05) is 52.1 Å². The van der Waals surface area contributed by atoms with Crippen LogP contribution in [0.15, 0.2) is 28.8 Å². The lowest BCUT2D eigenvalue weighted by Crippen LogP contribution is -2.31. The molecular weight excluding hydrogens is 280 g/mol. The summed E-state index contributed by atoms with van der Waals surface area (Å²) in [7, 11) is 3.45. The van der Waals surface area contributed by atoms with Crippen molar-refractivity contribution in [3.63, 3.8) is 0 Å². The van der Waals surface area contributed by atoms with E-state index in [2.05, 4.69) is 5.16 Å². The Balaban J connectivity index is 2.09. The minimum absolute atomic E-state index is 0.0149. The molecule has 0 aliphatic heterocycles. The van der Waals surface area contributed by atoms with Gasteiger partial charge in [0.2, 0.25) is 5.91 Å². The summed E-state index contributed by atoms with van der Waals surface area (Å²) in [5, 5.41) is 3.89. The zero-order valence-electron chi connectivity index (χ0n) is 13.7. The van der Waals surface area contributed by atoms with Crippen LogP contribution in [0.2, 0.25) is 0 Å². The maximum absolute atomic E-state index is 12.5. The average Bonchev–Trinajstić information content (AvgIpc) is 2.85. The number of nitrogens with zero attached hydrogens (tertiary/aromatic N) is 2. The van der Waals surface area contributed by atoms with E-state index in [1.54, 1.807) is 12.0 Å². The van der Waals surface area contributed by atoms with E-state index in [0.717, 1.165) is 22.6 Å². The van der Waals surface area contributed by atoms with E-state index in [1.165, 1.54) is 0 Å². The van der Waals surface area contributed by atoms with Crippen LogP contribution in [0.4, 0.5) is 0 Å². The quantitative estimate of drug-likeness (QED) is 0.852. The molecule has 1 atom stereocenters. The van der Waals surface area contributed by atoms with E-state index in [0.29, 0.717) is 12.2 Å². The lowest BCUT2D eigenvalue weighted by molar-refractivity contribution is -0.131. The van der Waals surface area contributed by atoms with Gasteiger partial charge in [-0.3, -0.25) is 4.79 Å². The fourth-order valence-corrected chi connectivity index (χ4v) is 2.35. The summed E-state index contributed by atoms with van der Waals surface area (Å²) >= 11 is 0. The molecule has 1 amide bonds. The van der Waals surface area contributed by atoms with Crippen LogP contribution in [0.1, 0.15) is 35.5 Å². The topological polar surface area (TPSA) is 55.6 Å². The van der Waals surface area contributed by atoms with Crippen molar-refractivity contribution in [2.24, 2.45) is 0 Å². The van der Waals surface area contributed by atoms with Gasteiger partial charge in [-0.1, -0.05) is 17.3 Å². The zero-order chi connectivity index (χ0) is 16.3. The van der Waals surface area contributed by atoms with Gasteiger partial charge in [0.25, 0.3) is 0 Å². The molecule has 22 heavy (non-hydrogen) atoms. The molecule has 0 spiro atoms. The zero-order valence-corrected chi connectivity index (χ0v) is 13.7. The molecule has 0 aliphatic rings. The van der Waals surface area contributed by atoms with Crippen molar-refractivity contribution in [2.75, 3.05) is 14.2 Å². The molecule has 1 unspecified atom stereocenters. The van der Waals surface area contributed by atoms with Crippen LogP contribution in [0, 0.1) is 13.8 Å². The number of aryl methyl sites for hydroxylation is 2. The molecule has 0 radical (unpaired) electrons. The average molecular weight is 302 g/mol. The molecule has 1 aromatic heterocycles. The Labute approximate surface area is 130 Å². The molecule has 0 fully saturated rings. The van der Waals surface area contributed by atoms with E-state index in [-0.39, 0.29) is 11.9 Å². The Morgan fingerprint density at radius 1 is 1.32 bits per heavy atom. The predicted molar refractivity (Wildman–Crippen MR) is 83.9 cm³/mol. The van der Waals surface area contributed by atoms with Crippen molar-refractivity contribution in [3.8, 4) is 5.75 Å². The monoisotopic (exact) mass is 302 g/mol. The molecule has 0 saturated heterocycles. The maximum atomic E-state index is 12.5. The highest BCUT2D eigenvalue weighted by molar-refractivity contribution is 5.79. The molecular formula is C17H22N2O3. The Kier molecular flexibility index (Phi) is 4.85. The highest BCUT2D eigenvalue weighted by Gasteiger charge is 2.20. The fraction of sp³-hybridized carbons (Fsp3) is 0.412. The number of ether oxygens (including phenoxy) is 1. The van der Waals surface area contributed by atoms with E-state index in [4.69, 9.17) is 9.26 Å². The number of aromatic nitrogens is 1. The Bertz CT molecular complexity index is 627. The Hall–Kier alpha value is -2.30. The summed E-state index contributed by atoms with van der Waals surface area (Å²) < 4.78 is 10.3. The number of rotatable bonds is 5. The molecule has 0 saturated carbocycles. The van der Waals surface area contributed by atoms with Crippen molar-refractivity contribution in [1.82, 2.24) is 10.1 Å². The number of benzene rings is 1.